The number of aliphatic hydroxyl groups excluding tert-OH is 2. The van der Waals surface area contributed by atoms with Crippen molar-refractivity contribution in [3.05, 3.63) is 48.6 Å². The largest absolute Gasteiger partial charge is 0.481 e. The number of aliphatic hydroxyl groups is 2. The monoisotopic (exact) mass is 376 g/mol. The molecule has 1 aliphatic carbocycles. The van der Waals surface area contributed by atoms with E-state index in [1.165, 1.54) is 0 Å². The van der Waals surface area contributed by atoms with Crippen molar-refractivity contribution >= 4 is 11.8 Å². The lowest BCUT2D eigenvalue weighted by Crippen LogP contribution is -2.19. The van der Waals surface area contributed by atoms with Gasteiger partial charge in [-0.3, -0.25) is 9.59 Å². The van der Waals surface area contributed by atoms with Gasteiger partial charge in [0.2, 0.25) is 0 Å². The average Bonchev–Trinajstić information content (AvgIpc) is 2.88. The van der Waals surface area contributed by atoms with Crippen LogP contribution in [0.15, 0.2) is 48.6 Å². The zero-order valence-electron chi connectivity index (χ0n) is 16.0. The van der Waals surface area contributed by atoms with E-state index in [0.717, 1.165) is 6.42 Å². The van der Waals surface area contributed by atoms with Crippen LogP contribution in [0.2, 0.25) is 0 Å². The molecule has 1 saturated carbocycles. The molecule has 0 aromatic carbocycles. The van der Waals surface area contributed by atoms with Gasteiger partial charge in [0, 0.05) is 24.7 Å². The first kappa shape index (κ1) is 23.1. The van der Waals surface area contributed by atoms with Gasteiger partial charge >= 0.3 is 5.97 Å². The highest BCUT2D eigenvalue weighted by Gasteiger charge is 2.39. The number of aliphatic carboxylic acids is 1. The van der Waals surface area contributed by atoms with Crippen LogP contribution in [-0.4, -0.2) is 39.3 Å². The van der Waals surface area contributed by atoms with Gasteiger partial charge in [-0.05, 0) is 32.1 Å². The molecule has 5 nitrogen and oxygen atoms in total. The Balaban J connectivity index is 2.40. The summed E-state index contributed by atoms with van der Waals surface area (Å²) in [6, 6.07) is 0. The summed E-state index contributed by atoms with van der Waals surface area (Å²) in [5.74, 6) is -1.22. The van der Waals surface area contributed by atoms with Crippen molar-refractivity contribution in [1.82, 2.24) is 0 Å². The number of carboxylic acid groups (broad SMARTS) is 1. The lowest BCUT2D eigenvalue weighted by Gasteiger charge is -2.16. The second-order valence-electron chi connectivity index (χ2n) is 6.84. The van der Waals surface area contributed by atoms with E-state index in [1.54, 1.807) is 12.2 Å². The average molecular weight is 376 g/mol. The molecule has 27 heavy (non-hydrogen) atoms. The van der Waals surface area contributed by atoms with Crippen molar-refractivity contribution in [3.63, 3.8) is 0 Å². The topological polar surface area (TPSA) is 94.8 Å². The molecule has 1 fully saturated rings. The van der Waals surface area contributed by atoms with Crippen molar-refractivity contribution in [2.75, 3.05) is 0 Å². The smallest absolute Gasteiger partial charge is 0.303 e. The van der Waals surface area contributed by atoms with Crippen LogP contribution in [0, 0.1) is 11.8 Å². The van der Waals surface area contributed by atoms with Crippen LogP contribution >= 0.6 is 0 Å². The quantitative estimate of drug-likeness (QED) is 0.453. The molecule has 0 radical (unpaired) electrons. The maximum absolute atomic E-state index is 12.1. The third kappa shape index (κ3) is 9.50. The SMILES string of the molecule is CC/C=C\C[C@H]1[C@H](O)CC(=O)[C@@H]1/C=C/[C@@H](O)C/C=C\C/C=C\CCC(=O)O. The van der Waals surface area contributed by atoms with E-state index in [-0.39, 0.29) is 30.5 Å². The van der Waals surface area contributed by atoms with Crippen LogP contribution in [0.3, 0.4) is 0 Å². The fourth-order valence-corrected chi connectivity index (χ4v) is 3.10. The Morgan fingerprint density at radius 2 is 1.93 bits per heavy atom. The first-order chi connectivity index (χ1) is 13.0. The fraction of sp³-hybridized carbons (Fsp3) is 0.545. The summed E-state index contributed by atoms with van der Waals surface area (Å²) in [5, 5.41) is 28.7. The maximum atomic E-state index is 12.1. The minimum Gasteiger partial charge on any atom is -0.481 e. The van der Waals surface area contributed by atoms with E-state index in [4.69, 9.17) is 5.11 Å². The van der Waals surface area contributed by atoms with Gasteiger partial charge in [-0.25, -0.2) is 0 Å². The van der Waals surface area contributed by atoms with E-state index in [1.807, 2.05) is 43.4 Å². The normalized spacial score (nSPS) is 24.9. The number of Topliss-reactive ketones (excluding diaryl/α,β-unsaturated/α-hetero) is 1. The van der Waals surface area contributed by atoms with Gasteiger partial charge in [-0.2, -0.15) is 0 Å². The molecule has 0 saturated heterocycles. The third-order valence-electron chi connectivity index (χ3n) is 4.60. The van der Waals surface area contributed by atoms with E-state index in [9.17, 15) is 19.8 Å². The molecule has 0 aliphatic heterocycles. The van der Waals surface area contributed by atoms with Gasteiger partial charge in [0.1, 0.15) is 5.78 Å². The van der Waals surface area contributed by atoms with Gasteiger partial charge in [-0.15, -0.1) is 0 Å². The van der Waals surface area contributed by atoms with Gasteiger partial charge in [0.15, 0.2) is 0 Å². The lowest BCUT2D eigenvalue weighted by molar-refractivity contribution is -0.136. The lowest BCUT2D eigenvalue weighted by atomic mass is 9.90. The first-order valence-electron chi connectivity index (χ1n) is 9.69. The molecule has 3 N–H and O–H groups in total. The number of carbonyl (C=O) groups is 2. The summed E-state index contributed by atoms with van der Waals surface area (Å²) < 4.78 is 0. The van der Waals surface area contributed by atoms with Crippen molar-refractivity contribution in [2.45, 2.75) is 64.1 Å². The molecule has 0 amide bonds. The van der Waals surface area contributed by atoms with Crippen LogP contribution < -0.4 is 0 Å². The molecule has 5 heteroatoms. The van der Waals surface area contributed by atoms with Crippen LogP contribution in [0.5, 0.6) is 0 Å². The Hall–Kier alpha value is -1.98. The van der Waals surface area contributed by atoms with Crippen LogP contribution in [0.25, 0.3) is 0 Å². The van der Waals surface area contributed by atoms with Crippen molar-refractivity contribution in [3.8, 4) is 0 Å². The van der Waals surface area contributed by atoms with Crippen LogP contribution in [0.1, 0.15) is 51.9 Å². The van der Waals surface area contributed by atoms with Gasteiger partial charge < -0.3 is 15.3 Å². The molecular formula is C22H32O5. The number of rotatable bonds is 12. The molecule has 0 aromatic rings. The number of hydrogen-bond acceptors (Lipinski definition) is 4. The minimum atomic E-state index is -0.804. The van der Waals surface area contributed by atoms with Gasteiger partial charge in [-0.1, -0.05) is 55.5 Å². The number of allylic oxidation sites excluding steroid dienone is 6. The number of hydrogen-bond donors (Lipinski definition) is 3. The summed E-state index contributed by atoms with van der Waals surface area (Å²) in [6.07, 6.45) is 17.2. The Morgan fingerprint density at radius 1 is 1.19 bits per heavy atom. The Labute approximate surface area is 161 Å². The molecule has 150 valence electrons. The Bertz CT molecular complexity index is 573. The maximum Gasteiger partial charge on any atom is 0.303 e. The molecule has 4 atom stereocenters. The third-order valence-corrected chi connectivity index (χ3v) is 4.60. The van der Waals surface area contributed by atoms with Gasteiger partial charge in [0.25, 0.3) is 0 Å². The summed E-state index contributed by atoms with van der Waals surface area (Å²) in [7, 11) is 0. The molecule has 1 aliphatic rings. The highest BCUT2D eigenvalue weighted by Crippen LogP contribution is 2.33. The number of carboxylic acids is 1. The number of ketones is 1. The Morgan fingerprint density at radius 3 is 2.63 bits per heavy atom. The molecule has 0 aromatic heterocycles. The second kappa shape index (κ2) is 13.2. The van der Waals surface area contributed by atoms with Crippen LogP contribution in [-0.2, 0) is 9.59 Å². The van der Waals surface area contributed by atoms with Crippen molar-refractivity contribution in [2.24, 2.45) is 11.8 Å². The second-order valence-corrected chi connectivity index (χ2v) is 6.84. The number of carbonyl (C=O) groups excluding carboxylic acids is 1. The molecule has 0 spiro atoms. The predicted molar refractivity (Wildman–Crippen MR) is 106 cm³/mol. The van der Waals surface area contributed by atoms with Gasteiger partial charge in [0.05, 0.1) is 12.2 Å². The van der Waals surface area contributed by atoms with Crippen molar-refractivity contribution in [1.29, 1.82) is 0 Å². The minimum absolute atomic E-state index is 0.0305. The van der Waals surface area contributed by atoms with Crippen molar-refractivity contribution < 1.29 is 24.9 Å². The van der Waals surface area contributed by atoms with Crippen LogP contribution in [0.4, 0.5) is 0 Å². The molecule has 0 unspecified atom stereocenters. The fourth-order valence-electron chi connectivity index (χ4n) is 3.10. The molecule has 0 heterocycles. The molecule has 1 rings (SSSR count). The predicted octanol–water partition coefficient (Wildman–Crippen LogP) is 3.58. The van der Waals surface area contributed by atoms with E-state index in [0.29, 0.717) is 25.7 Å². The molecule has 0 bridgehead atoms. The van der Waals surface area contributed by atoms with E-state index < -0.39 is 18.2 Å². The highest BCUT2D eigenvalue weighted by atomic mass is 16.4. The first-order valence-corrected chi connectivity index (χ1v) is 9.69. The standard InChI is InChI=1S/C22H32O5/c1-2-3-8-12-18-19(21(25)16-20(18)24)15-14-17(23)11-9-6-4-5-7-10-13-22(26)27/h3,5-9,14-15,17-20,23-24H,2,4,10-13,16H2,1H3,(H,26,27)/b7-5-,8-3-,9-6-,15-14+/t17-,18+,19+,20+/m0/s1. The zero-order valence-corrected chi connectivity index (χ0v) is 16.0. The molecular weight excluding hydrogens is 344 g/mol. The highest BCUT2D eigenvalue weighted by molar-refractivity contribution is 5.86. The van der Waals surface area contributed by atoms with E-state index in [2.05, 4.69) is 0 Å². The summed E-state index contributed by atoms with van der Waals surface area (Å²) in [4.78, 5) is 22.5. The summed E-state index contributed by atoms with van der Waals surface area (Å²) >= 11 is 0. The summed E-state index contributed by atoms with van der Waals surface area (Å²) in [5.41, 5.74) is 0. The summed E-state index contributed by atoms with van der Waals surface area (Å²) in [6.45, 7) is 2.04. The van der Waals surface area contributed by atoms with E-state index >= 15 is 0 Å². The zero-order chi connectivity index (χ0) is 20.1. The Kier molecular flexibility index (Phi) is 11.3.